The van der Waals surface area contributed by atoms with Crippen LogP contribution in [0.5, 0.6) is 0 Å². The predicted octanol–water partition coefficient (Wildman–Crippen LogP) is 0.234. The third-order valence-corrected chi connectivity index (χ3v) is 2.95. The lowest BCUT2D eigenvalue weighted by Gasteiger charge is -2.04. The van der Waals surface area contributed by atoms with E-state index in [1.54, 1.807) is 18.2 Å². The minimum atomic E-state index is -0.565. The Balaban J connectivity index is 1.81. The zero-order valence-corrected chi connectivity index (χ0v) is 12.1. The molecule has 118 valence electrons. The zero-order chi connectivity index (χ0) is 16.7. The van der Waals surface area contributed by atoms with E-state index in [-0.39, 0.29) is 31.0 Å². The first-order valence-corrected chi connectivity index (χ1v) is 6.86. The molecule has 0 atom stereocenters. The Morgan fingerprint density at radius 1 is 1.26 bits per heavy atom. The average Bonchev–Trinajstić information content (AvgIpc) is 2.52. The summed E-state index contributed by atoms with van der Waals surface area (Å²) in [5, 5.41) is 2.55. The summed E-state index contributed by atoms with van der Waals surface area (Å²) in [6.45, 7) is 0.218. The minimum Gasteiger partial charge on any atom is -0.345 e. The van der Waals surface area contributed by atoms with Crippen LogP contribution in [0.2, 0.25) is 0 Å². The van der Waals surface area contributed by atoms with Crippen molar-refractivity contribution in [1.29, 1.82) is 0 Å². The van der Waals surface area contributed by atoms with Crippen molar-refractivity contribution in [3.8, 4) is 11.8 Å². The van der Waals surface area contributed by atoms with Gasteiger partial charge in [-0.15, -0.1) is 0 Å². The second-order valence-corrected chi connectivity index (χ2v) is 4.61. The SMILES string of the molecule is O=C(CCn1ccc(=O)[nH]c1=O)NCC#Cc1ccccc1F. The fourth-order valence-electron chi connectivity index (χ4n) is 1.78. The van der Waals surface area contributed by atoms with Gasteiger partial charge in [-0.2, -0.15) is 0 Å². The molecule has 0 aliphatic heterocycles. The van der Waals surface area contributed by atoms with Crippen LogP contribution in [0.3, 0.4) is 0 Å². The summed E-state index contributed by atoms with van der Waals surface area (Å²) in [6.07, 6.45) is 1.39. The highest BCUT2D eigenvalue weighted by Gasteiger charge is 2.02. The Morgan fingerprint density at radius 3 is 2.78 bits per heavy atom. The van der Waals surface area contributed by atoms with E-state index in [1.807, 2.05) is 0 Å². The standard InChI is InChI=1S/C16H14FN3O3/c17-13-6-2-1-4-12(13)5-3-9-18-14(21)7-10-20-11-8-15(22)19-16(20)23/h1-2,4,6,8,11H,7,9-10H2,(H,18,21)(H,19,22,23). The van der Waals surface area contributed by atoms with E-state index in [0.717, 1.165) is 0 Å². The van der Waals surface area contributed by atoms with Crippen LogP contribution in [0, 0.1) is 17.7 Å². The summed E-state index contributed by atoms with van der Waals surface area (Å²) in [7, 11) is 0. The molecule has 6 nitrogen and oxygen atoms in total. The highest BCUT2D eigenvalue weighted by molar-refractivity contribution is 5.76. The van der Waals surface area contributed by atoms with Gasteiger partial charge in [0.2, 0.25) is 5.91 Å². The molecule has 0 radical (unpaired) electrons. The predicted molar refractivity (Wildman–Crippen MR) is 82.2 cm³/mol. The highest BCUT2D eigenvalue weighted by Crippen LogP contribution is 2.03. The topological polar surface area (TPSA) is 84.0 Å². The van der Waals surface area contributed by atoms with Crippen LogP contribution in [0.25, 0.3) is 0 Å². The second-order valence-electron chi connectivity index (χ2n) is 4.61. The Bertz CT molecular complexity index is 874. The Kier molecular flexibility index (Phi) is 5.47. The molecule has 0 spiro atoms. The van der Waals surface area contributed by atoms with Gasteiger partial charge in [0.1, 0.15) is 5.82 Å². The molecule has 1 aromatic carbocycles. The number of halogens is 1. The number of aromatic nitrogens is 2. The number of hydrogen-bond acceptors (Lipinski definition) is 3. The number of rotatable bonds is 4. The van der Waals surface area contributed by atoms with Crippen LogP contribution < -0.4 is 16.6 Å². The van der Waals surface area contributed by atoms with Crippen LogP contribution in [0.15, 0.2) is 46.1 Å². The second kappa shape index (κ2) is 7.75. The molecule has 0 fully saturated rings. The van der Waals surface area contributed by atoms with Crippen molar-refractivity contribution in [2.45, 2.75) is 13.0 Å². The molecular formula is C16H14FN3O3. The quantitative estimate of drug-likeness (QED) is 0.793. The van der Waals surface area contributed by atoms with Crippen LogP contribution in [-0.2, 0) is 11.3 Å². The third-order valence-electron chi connectivity index (χ3n) is 2.95. The first-order valence-electron chi connectivity index (χ1n) is 6.86. The summed E-state index contributed by atoms with van der Waals surface area (Å²) in [4.78, 5) is 36.1. The molecule has 23 heavy (non-hydrogen) atoms. The van der Waals surface area contributed by atoms with Crippen molar-refractivity contribution in [3.05, 3.63) is 68.7 Å². The number of aryl methyl sites for hydroxylation is 1. The van der Waals surface area contributed by atoms with Gasteiger partial charge in [-0.25, -0.2) is 9.18 Å². The van der Waals surface area contributed by atoms with Crippen molar-refractivity contribution in [3.63, 3.8) is 0 Å². The van der Waals surface area contributed by atoms with Gasteiger partial charge >= 0.3 is 5.69 Å². The molecule has 1 amide bonds. The highest BCUT2D eigenvalue weighted by atomic mass is 19.1. The van der Waals surface area contributed by atoms with Crippen LogP contribution in [0.1, 0.15) is 12.0 Å². The van der Waals surface area contributed by atoms with Crippen molar-refractivity contribution < 1.29 is 9.18 Å². The van der Waals surface area contributed by atoms with Gasteiger partial charge in [0.25, 0.3) is 5.56 Å². The van der Waals surface area contributed by atoms with Crippen molar-refractivity contribution >= 4 is 5.91 Å². The number of nitrogens with zero attached hydrogens (tertiary/aromatic N) is 1. The summed E-state index contributed by atoms with van der Waals surface area (Å²) in [5.74, 6) is 4.56. The summed E-state index contributed by atoms with van der Waals surface area (Å²) >= 11 is 0. The molecule has 0 unspecified atom stereocenters. The molecule has 0 aliphatic carbocycles. The molecular weight excluding hydrogens is 301 g/mol. The fraction of sp³-hybridized carbons (Fsp3) is 0.188. The van der Waals surface area contributed by atoms with Gasteiger partial charge in [-0.05, 0) is 12.1 Å². The molecule has 7 heteroatoms. The van der Waals surface area contributed by atoms with Crippen molar-refractivity contribution in [2.75, 3.05) is 6.54 Å². The molecule has 1 heterocycles. The van der Waals surface area contributed by atoms with E-state index >= 15 is 0 Å². The summed E-state index contributed by atoms with van der Waals surface area (Å²) in [5.41, 5.74) is -0.787. The number of carbonyl (C=O) groups excluding carboxylic acids is 1. The lowest BCUT2D eigenvalue weighted by Crippen LogP contribution is -2.31. The first kappa shape index (κ1) is 16.2. The van der Waals surface area contributed by atoms with Gasteiger partial charge in [-0.3, -0.25) is 14.6 Å². The maximum absolute atomic E-state index is 13.3. The smallest absolute Gasteiger partial charge is 0.328 e. The zero-order valence-electron chi connectivity index (χ0n) is 12.1. The number of nitrogens with one attached hydrogen (secondary N) is 2. The van der Waals surface area contributed by atoms with Gasteiger partial charge in [0.15, 0.2) is 0 Å². The number of carbonyl (C=O) groups is 1. The van der Waals surface area contributed by atoms with Crippen LogP contribution in [0.4, 0.5) is 4.39 Å². The summed E-state index contributed by atoms with van der Waals surface area (Å²) < 4.78 is 14.5. The van der Waals surface area contributed by atoms with Gasteiger partial charge < -0.3 is 9.88 Å². The monoisotopic (exact) mass is 315 g/mol. The average molecular weight is 315 g/mol. The van der Waals surface area contributed by atoms with Gasteiger partial charge in [0, 0.05) is 25.2 Å². The maximum Gasteiger partial charge on any atom is 0.328 e. The van der Waals surface area contributed by atoms with Gasteiger partial charge in [-0.1, -0.05) is 24.0 Å². The summed E-state index contributed by atoms with van der Waals surface area (Å²) in [6, 6.07) is 7.31. The molecule has 0 saturated carbocycles. The normalized spacial score (nSPS) is 9.78. The Morgan fingerprint density at radius 2 is 2.04 bits per heavy atom. The van der Waals surface area contributed by atoms with Gasteiger partial charge in [0.05, 0.1) is 12.1 Å². The fourth-order valence-corrected chi connectivity index (χ4v) is 1.78. The largest absolute Gasteiger partial charge is 0.345 e. The molecule has 0 aliphatic rings. The molecule has 1 aromatic heterocycles. The van der Waals surface area contributed by atoms with Crippen LogP contribution >= 0.6 is 0 Å². The number of amides is 1. The van der Waals surface area contributed by atoms with Crippen molar-refractivity contribution in [2.24, 2.45) is 0 Å². The van der Waals surface area contributed by atoms with E-state index in [1.165, 1.54) is 22.9 Å². The number of hydrogen-bond donors (Lipinski definition) is 2. The van der Waals surface area contributed by atoms with E-state index in [4.69, 9.17) is 0 Å². The van der Waals surface area contributed by atoms with E-state index < -0.39 is 17.1 Å². The van der Waals surface area contributed by atoms with Crippen molar-refractivity contribution in [1.82, 2.24) is 14.9 Å². The van der Waals surface area contributed by atoms with Crippen LogP contribution in [-0.4, -0.2) is 22.0 Å². The molecule has 0 saturated heterocycles. The number of aromatic amines is 1. The van der Waals surface area contributed by atoms with E-state index in [9.17, 15) is 18.8 Å². The number of H-pyrrole nitrogens is 1. The molecule has 2 N–H and O–H groups in total. The van der Waals surface area contributed by atoms with E-state index in [2.05, 4.69) is 22.1 Å². The molecule has 2 aromatic rings. The Labute approximate surface area is 131 Å². The van der Waals surface area contributed by atoms with E-state index in [0.29, 0.717) is 0 Å². The molecule has 2 rings (SSSR count). The molecule has 0 bridgehead atoms. The minimum absolute atomic E-state index is 0.0628. The third kappa shape index (κ3) is 4.97. The number of benzene rings is 1. The first-order chi connectivity index (χ1) is 11.1. The lowest BCUT2D eigenvalue weighted by molar-refractivity contribution is -0.121. The maximum atomic E-state index is 13.3. The lowest BCUT2D eigenvalue weighted by atomic mass is 10.2. The Hall–Kier alpha value is -3.14.